The molecule has 0 saturated heterocycles. The molecule has 0 aromatic rings. The fourth-order valence-corrected chi connectivity index (χ4v) is 5.49. The van der Waals surface area contributed by atoms with E-state index in [4.69, 9.17) is 19.3 Å². The number of esters is 2. The van der Waals surface area contributed by atoms with Gasteiger partial charge in [0.05, 0.1) is 6.61 Å². The van der Waals surface area contributed by atoms with Crippen molar-refractivity contribution in [3.8, 4) is 0 Å². The van der Waals surface area contributed by atoms with E-state index in [1.165, 1.54) is 83.5 Å². The van der Waals surface area contributed by atoms with Crippen LogP contribution in [0.2, 0.25) is 0 Å². The molecule has 0 rings (SSSR count). The fourth-order valence-electron chi connectivity index (χ4n) is 5.13. The minimum Gasteiger partial charge on any atom is -0.462 e. The van der Waals surface area contributed by atoms with Gasteiger partial charge in [-0.2, -0.15) is 0 Å². The summed E-state index contributed by atoms with van der Waals surface area (Å²) in [7, 11) is -4.75. The number of phosphoric ester groups is 1. The molecule has 0 aliphatic carbocycles. The average molecular weight is 673 g/mol. The quantitative estimate of drug-likeness (QED) is 0.0300. The van der Waals surface area contributed by atoms with Crippen molar-refractivity contribution in [1.29, 1.82) is 0 Å². The van der Waals surface area contributed by atoms with Crippen LogP contribution < -0.4 is 0 Å². The summed E-state index contributed by atoms with van der Waals surface area (Å²) in [5, 5.41) is 0. The molecule has 0 heterocycles. The van der Waals surface area contributed by atoms with Gasteiger partial charge in [-0.25, -0.2) is 4.57 Å². The highest BCUT2D eigenvalue weighted by molar-refractivity contribution is 7.46. The number of carbonyl (C=O) groups is 2. The zero-order valence-corrected chi connectivity index (χ0v) is 30.4. The molecular formula is C37H69O8P. The Bertz CT molecular complexity index is 807. The molecule has 0 aromatic heterocycles. The Morgan fingerprint density at radius 3 is 1.33 bits per heavy atom. The lowest BCUT2D eigenvalue weighted by Crippen LogP contribution is -2.29. The van der Waals surface area contributed by atoms with E-state index in [1.54, 1.807) is 0 Å². The molecule has 0 unspecified atom stereocenters. The second kappa shape index (κ2) is 33.4. The molecule has 1 atom stereocenters. The number of phosphoric acid groups is 1. The van der Waals surface area contributed by atoms with Crippen LogP contribution in [0.25, 0.3) is 0 Å². The second-order valence-corrected chi connectivity index (χ2v) is 13.8. The maximum Gasteiger partial charge on any atom is 0.469 e. The first-order valence-electron chi connectivity index (χ1n) is 18.6. The first kappa shape index (κ1) is 44.5. The predicted octanol–water partition coefficient (Wildman–Crippen LogP) is 10.8. The van der Waals surface area contributed by atoms with Crippen LogP contribution in [0, 0.1) is 0 Å². The van der Waals surface area contributed by atoms with Crippen molar-refractivity contribution in [2.45, 2.75) is 187 Å². The fraction of sp³-hybridized carbons (Fsp3) is 0.838. The maximum atomic E-state index is 12.3. The smallest absolute Gasteiger partial charge is 0.462 e. The molecule has 0 aliphatic heterocycles. The number of ether oxygens (including phenoxy) is 2. The third-order valence-corrected chi connectivity index (χ3v) is 8.43. The minimum atomic E-state index is -4.75. The average Bonchev–Trinajstić information content (AvgIpc) is 3.02. The van der Waals surface area contributed by atoms with Gasteiger partial charge in [-0.15, -0.1) is 0 Å². The van der Waals surface area contributed by atoms with Crippen LogP contribution in [0.4, 0.5) is 0 Å². The second-order valence-electron chi connectivity index (χ2n) is 12.5. The van der Waals surface area contributed by atoms with Crippen LogP contribution in [0.3, 0.4) is 0 Å². The number of unbranched alkanes of at least 4 members (excludes halogenated alkanes) is 20. The van der Waals surface area contributed by atoms with E-state index in [-0.39, 0.29) is 19.4 Å². The first-order chi connectivity index (χ1) is 22.3. The molecular weight excluding hydrogens is 603 g/mol. The summed E-state index contributed by atoms with van der Waals surface area (Å²) in [6.07, 6.45) is 36.1. The summed E-state index contributed by atoms with van der Waals surface area (Å²) in [6, 6.07) is 0. The molecule has 0 aromatic carbocycles. The summed E-state index contributed by atoms with van der Waals surface area (Å²) in [5.41, 5.74) is 0. The van der Waals surface area contributed by atoms with E-state index in [0.717, 1.165) is 64.2 Å². The number of hydrogen-bond donors (Lipinski definition) is 2. The van der Waals surface area contributed by atoms with Crippen LogP contribution in [0.5, 0.6) is 0 Å². The van der Waals surface area contributed by atoms with E-state index in [2.05, 4.69) is 42.7 Å². The SMILES string of the molecule is CCCCCC/C=C/CCCCCCCCCC(=O)OC[C@H](COP(=O)(O)O)OC(=O)CCCCCCC/C=C/CCCCCC. The third kappa shape index (κ3) is 35.4. The molecule has 0 amide bonds. The summed E-state index contributed by atoms with van der Waals surface area (Å²) in [5.74, 6) is -0.898. The summed E-state index contributed by atoms with van der Waals surface area (Å²) in [6.45, 7) is 3.64. The van der Waals surface area contributed by atoms with Crippen molar-refractivity contribution >= 4 is 19.8 Å². The van der Waals surface area contributed by atoms with Gasteiger partial charge in [-0.05, 0) is 64.2 Å². The first-order valence-corrected chi connectivity index (χ1v) is 20.2. The van der Waals surface area contributed by atoms with Gasteiger partial charge >= 0.3 is 19.8 Å². The molecule has 0 saturated carbocycles. The standard InChI is InChI=1S/C37H69O8P/c1-3-5-7-9-11-13-15-17-18-20-21-23-25-27-29-31-36(38)43-33-35(34-44-46(40,41)42)45-37(39)32-30-28-26-24-22-19-16-14-12-10-8-6-4-2/h13-16,35H,3-12,17-34H2,1-2H3,(H2,40,41,42)/b15-13+,16-14+/t35-/m1/s1. The van der Waals surface area contributed by atoms with Gasteiger partial charge in [0.15, 0.2) is 6.10 Å². The van der Waals surface area contributed by atoms with E-state index in [0.29, 0.717) is 6.42 Å². The minimum absolute atomic E-state index is 0.202. The third-order valence-electron chi connectivity index (χ3n) is 7.94. The van der Waals surface area contributed by atoms with Crippen molar-refractivity contribution in [2.24, 2.45) is 0 Å². The Morgan fingerprint density at radius 2 is 0.913 bits per heavy atom. The summed E-state index contributed by atoms with van der Waals surface area (Å²) in [4.78, 5) is 42.6. The highest BCUT2D eigenvalue weighted by Crippen LogP contribution is 2.36. The molecule has 0 aliphatic rings. The zero-order valence-electron chi connectivity index (χ0n) is 29.5. The van der Waals surface area contributed by atoms with E-state index < -0.39 is 32.5 Å². The van der Waals surface area contributed by atoms with E-state index in [9.17, 15) is 14.2 Å². The van der Waals surface area contributed by atoms with Crippen molar-refractivity contribution in [2.75, 3.05) is 13.2 Å². The maximum absolute atomic E-state index is 12.3. The van der Waals surface area contributed by atoms with Crippen LogP contribution in [-0.4, -0.2) is 41.0 Å². The predicted molar refractivity (Wildman–Crippen MR) is 189 cm³/mol. The zero-order chi connectivity index (χ0) is 34.0. The summed E-state index contributed by atoms with van der Waals surface area (Å²) >= 11 is 0. The molecule has 0 bridgehead atoms. The van der Waals surface area contributed by atoms with Crippen molar-refractivity contribution in [1.82, 2.24) is 0 Å². The van der Waals surface area contributed by atoms with Crippen LogP contribution in [-0.2, 0) is 28.2 Å². The largest absolute Gasteiger partial charge is 0.469 e. The topological polar surface area (TPSA) is 119 Å². The Kier molecular flexibility index (Phi) is 32.4. The Hall–Kier alpha value is -1.47. The Morgan fingerprint density at radius 1 is 0.543 bits per heavy atom. The Balaban J connectivity index is 3.98. The van der Waals surface area contributed by atoms with Gasteiger partial charge < -0.3 is 19.3 Å². The molecule has 9 heteroatoms. The number of carbonyl (C=O) groups excluding carboxylic acids is 2. The monoisotopic (exact) mass is 672 g/mol. The number of allylic oxidation sites excluding steroid dienone is 4. The normalized spacial score (nSPS) is 12.7. The van der Waals surface area contributed by atoms with Crippen molar-refractivity contribution in [3.63, 3.8) is 0 Å². The molecule has 0 spiro atoms. The number of hydrogen-bond acceptors (Lipinski definition) is 6. The van der Waals surface area contributed by atoms with E-state index in [1.807, 2.05) is 0 Å². The van der Waals surface area contributed by atoms with Crippen LogP contribution in [0.1, 0.15) is 181 Å². The molecule has 46 heavy (non-hydrogen) atoms. The summed E-state index contributed by atoms with van der Waals surface area (Å²) < 4.78 is 26.3. The van der Waals surface area contributed by atoms with Crippen molar-refractivity contribution in [3.05, 3.63) is 24.3 Å². The van der Waals surface area contributed by atoms with Gasteiger partial charge in [0.25, 0.3) is 0 Å². The lowest BCUT2D eigenvalue weighted by atomic mass is 10.1. The molecule has 0 fully saturated rings. The van der Waals surface area contributed by atoms with E-state index >= 15 is 0 Å². The highest BCUT2D eigenvalue weighted by Gasteiger charge is 2.22. The van der Waals surface area contributed by atoms with Gasteiger partial charge in [0.1, 0.15) is 6.61 Å². The van der Waals surface area contributed by atoms with Crippen LogP contribution in [0.15, 0.2) is 24.3 Å². The van der Waals surface area contributed by atoms with Gasteiger partial charge in [-0.1, -0.05) is 128 Å². The van der Waals surface area contributed by atoms with Crippen molar-refractivity contribution < 1.29 is 37.9 Å². The Labute approximate surface area is 281 Å². The molecule has 270 valence electrons. The van der Waals surface area contributed by atoms with Gasteiger partial charge in [-0.3, -0.25) is 14.1 Å². The lowest BCUT2D eigenvalue weighted by Gasteiger charge is -2.18. The molecule has 2 N–H and O–H groups in total. The van der Waals surface area contributed by atoms with Gasteiger partial charge in [0.2, 0.25) is 0 Å². The number of rotatable bonds is 34. The van der Waals surface area contributed by atoms with Gasteiger partial charge in [0, 0.05) is 12.8 Å². The molecule has 8 nitrogen and oxygen atoms in total. The highest BCUT2D eigenvalue weighted by atomic mass is 31.2. The lowest BCUT2D eigenvalue weighted by molar-refractivity contribution is -0.161. The van der Waals surface area contributed by atoms with Crippen LogP contribution >= 0.6 is 7.82 Å². The molecule has 0 radical (unpaired) electrons.